The maximum atomic E-state index is 13.0. The molecule has 1 N–H and O–H groups in total. The van der Waals surface area contributed by atoms with E-state index in [4.69, 9.17) is 4.74 Å². The number of rotatable bonds is 7. The van der Waals surface area contributed by atoms with Crippen LogP contribution in [0, 0.1) is 19.8 Å². The van der Waals surface area contributed by atoms with Crippen LogP contribution in [0.4, 0.5) is 0 Å². The summed E-state index contributed by atoms with van der Waals surface area (Å²) in [4.78, 5) is 12.7. The molecule has 1 amide bonds. The van der Waals surface area contributed by atoms with Crippen LogP contribution in [-0.4, -0.2) is 44.9 Å². The van der Waals surface area contributed by atoms with Gasteiger partial charge in [0.2, 0.25) is 15.9 Å². The van der Waals surface area contributed by atoms with Crippen molar-refractivity contribution in [3.63, 3.8) is 0 Å². The molecule has 1 saturated heterocycles. The molecule has 1 heterocycles. The summed E-state index contributed by atoms with van der Waals surface area (Å²) in [5.74, 6) is 0.564. The Morgan fingerprint density at radius 2 is 1.79 bits per heavy atom. The van der Waals surface area contributed by atoms with Crippen LogP contribution in [0.3, 0.4) is 0 Å². The van der Waals surface area contributed by atoms with Crippen molar-refractivity contribution >= 4 is 15.9 Å². The molecule has 1 aliphatic heterocycles. The molecule has 6 nitrogen and oxygen atoms in total. The zero-order valence-electron chi connectivity index (χ0n) is 16.9. The minimum absolute atomic E-state index is 0.0368. The topological polar surface area (TPSA) is 75.7 Å². The highest BCUT2D eigenvalue weighted by Crippen LogP contribution is 2.26. The van der Waals surface area contributed by atoms with Gasteiger partial charge in [0.15, 0.2) is 0 Å². The third kappa shape index (κ3) is 5.36. The van der Waals surface area contributed by atoms with Gasteiger partial charge in [-0.3, -0.25) is 4.79 Å². The average Bonchev–Trinajstić information content (AvgIpc) is 2.71. The molecule has 0 atom stereocenters. The Balaban J connectivity index is 1.47. The fourth-order valence-electron chi connectivity index (χ4n) is 3.59. The SMILES string of the molecule is Cc1ccc(S(=O)(=O)N2CCC(C(=O)NCCOc3ccccc3)CC2)c(C)c1. The molecule has 2 aromatic rings. The van der Waals surface area contributed by atoms with Crippen LogP contribution < -0.4 is 10.1 Å². The first-order chi connectivity index (χ1) is 13.9. The quantitative estimate of drug-likeness (QED) is 0.704. The number of hydrogen-bond donors (Lipinski definition) is 1. The standard InChI is InChI=1S/C22H28N2O4S/c1-17-8-9-21(18(2)16-17)29(26,27)24-13-10-19(11-14-24)22(25)23-12-15-28-20-6-4-3-5-7-20/h3-9,16,19H,10-15H2,1-2H3,(H,23,25). The molecule has 2 aromatic carbocycles. The lowest BCUT2D eigenvalue weighted by molar-refractivity contribution is -0.126. The van der Waals surface area contributed by atoms with E-state index >= 15 is 0 Å². The third-order valence-electron chi connectivity index (χ3n) is 5.19. The zero-order valence-corrected chi connectivity index (χ0v) is 17.7. The van der Waals surface area contributed by atoms with Gasteiger partial charge < -0.3 is 10.1 Å². The van der Waals surface area contributed by atoms with E-state index in [1.807, 2.05) is 56.3 Å². The van der Waals surface area contributed by atoms with Crippen LogP contribution in [0.2, 0.25) is 0 Å². The van der Waals surface area contributed by atoms with Crippen molar-refractivity contribution in [1.82, 2.24) is 9.62 Å². The summed E-state index contributed by atoms with van der Waals surface area (Å²) < 4.78 is 33.0. The Hall–Kier alpha value is -2.38. The number of carbonyl (C=O) groups excluding carboxylic acids is 1. The predicted octanol–water partition coefficient (Wildman–Crippen LogP) is 2.90. The van der Waals surface area contributed by atoms with Crippen LogP contribution in [-0.2, 0) is 14.8 Å². The predicted molar refractivity (Wildman–Crippen MR) is 112 cm³/mol. The molecule has 0 spiro atoms. The lowest BCUT2D eigenvalue weighted by Gasteiger charge is -2.31. The molecule has 0 saturated carbocycles. The molecule has 0 bridgehead atoms. The van der Waals surface area contributed by atoms with Gasteiger partial charge in [-0.1, -0.05) is 35.9 Å². The summed E-state index contributed by atoms with van der Waals surface area (Å²) in [6, 6.07) is 14.8. The smallest absolute Gasteiger partial charge is 0.243 e. The first-order valence-electron chi connectivity index (χ1n) is 9.91. The number of ether oxygens (including phenoxy) is 1. The van der Waals surface area contributed by atoms with E-state index in [1.165, 1.54) is 4.31 Å². The second-order valence-electron chi connectivity index (χ2n) is 7.40. The molecular weight excluding hydrogens is 388 g/mol. The normalized spacial score (nSPS) is 15.8. The van der Waals surface area contributed by atoms with Crippen LogP contribution in [0.5, 0.6) is 5.75 Å². The summed E-state index contributed by atoms with van der Waals surface area (Å²) in [6.07, 6.45) is 1.05. The summed E-state index contributed by atoms with van der Waals surface area (Å²) in [5, 5.41) is 2.89. The number of sulfonamides is 1. The van der Waals surface area contributed by atoms with E-state index in [1.54, 1.807) is 6.07 Å². The van der Waals surface area contributed by atoms with E-state index in [0.717, 1.165) is 16.9 Å². The Labute approximate surface area is 172 Å². The van der Waals surface area contributed by atoms with Gasteiger partial charge in [0.1, 0.15) is 12.4 Å². The van der Waals surface area contributed by atoms with Crippen LogP contribution in [0.1, 0.15) is 24.0 Å². The Morgan fingerprint density at radius 1 is 1.10 bits per heavy atom. The van der Waals surface area contributed by atoms with Crippen molar-refractivity contribution in [1.29, 1.82) is 0 Å². The van der Waals surface area contributed by atoms with Crippen molar-refractivity contribution < 1.29 is 17.9 Å². The number of piperidine rings is 1. The van der Waals surface area contributed by atoms with Gasteiger partial charge in [-0.15, -0.1) is 0 Å². The molecule has 0 aliphatic carbocycles. The number of nitrogens with one attached hydrogen (secondary N) is 1. The van der Waals surface area contributed by atoms with Gasteiger partial charge in [-0.05, 0) is 50.5 Å². The largest absolute Gasteiger partial charge is 0.492 e. The summed E-state index contributed by atoms with van der Waals surface area (Å²) >= 11 is 0. The summed E-state index contributed by atoms with van der Waals surface area (Å²) in [6.45, 7) is 5.29. The lowest BCUT2D eigenvalue weighted by Crippen LogP contribution is -2.43. The molecule has 156 valence electrons. The van der Waals surface area contributed by atoms with Gasteiger partial charge in [0.05, 0.1) is 11.4 Å². The van der Waals surface area contributed by atoms with Crippen molar-refractivity contribution in [3.05, 3.63) is 59.7 Å². The maximum absolute atomic E-state index is 13.0. The second kappa shape index (κ2) is 9.41. The molecule has 0 aromatic heterocycles. The van der Waals surface area contributed by atoms with Crippen molar-refractivity contribution in [3.8, 4) is 5.75 Å². The third-order valence-corrected chi connectivity index (χ3v) is 7.25. The van der Waals surface area contributed by atoms with Gasteiger partial charge >= 0.3 is 0 Å². The van der Waals surface area contributed by atoms with Gasteiger partial charge in [0, 0.05) is 19.0 Å². The zero-order chi connectivity index (χ0) is 20.9. The molecular formula is C22H28N2O4S. The highest BCUT2D eigenvalue weighted by molar-refractivity contribution is 7.89. The number of carbonyl (C=O) groups is 1. The van der Waals surface area contributed by atoms with Gasteiger partial charge in [-0.25, -0.2) is 8.42 Å². The molecule has 29 heavy (non-hydrogen) atoms. The van der Waals surface area contributed by atoms with Crippen molar-refractivity contribution in [2.75, 3.05) is 26.2 Å². The van der Waals surface area contributed by atoms with E-state index < -0.39 is 10.0 Å². The number of amides is 1. The second-order valence-corrected chi connectivity index (χ2v) is 9.31. The monoisotopic (exact) mass is 416 g/mol. The maximum Gasteiger partial charge on any atom is 0.243 e. The fourth-order valence-corrected chi connectivity index (χ4v) is 5.27. The Bertz CT molecular complexity index is 937. The number of benzene rings is 2. The van der Waals surface area contributed by atoms with Gasteiger partial charge in [-0.2, -0.15) is 4.31 Å². The molecule has 1 fully saturated rings. The summed E-state index contributed by atoms with van der Waals surface area (Å²) in [5.41, 5.74) is 1.79. The summed E-state index contributed by atoms with van der Waals surface area (Å²) in [7, 11) is -3.53. The van der Waals surface area contributed by atoms with Crippen LogP contribution >= 0.6 is 0 Å². The van der Waals surface area contributed by atoms with E-state index in [0.29, 0.717) is 44.0 Å². The number of hydrogen-bond acceptors (Lipinski definition) is 4. The first-order valence-corrected chi connectivity index (χ1v) is 11.3. The van der Waals surface area contributed by atoms with Crippen LogP contribution in [0.25, 0.3) is 0 Å². The first kappa shape index (κ1) is 21.3. The Kier molecular flexibility index (Phi) is 6.92. The fraction of sp³-hybridized carbons (Fsp3) is 0.409. The number of para-hydroxylation sites is 1. The lowest BCUT2D eigenvalue weighted by atomic mass is 9.97. The van der Waals surface area contributed by atoms with Crippen LogP contribution in [0.15, 0.2) is 53.4 Å². The number of nitrogens with zero attached hydrogens (tertiary/aromatic N) is 1. The Morgan fingerprint density at radius 3 is 2.45 bits per heavy atom. The minimum Gasteiger partial charge on any atom is -0.492 e. The molecule has 1 aliphatic rings. The molecule has 3 rings (SSSR count). The van der Waals surface area contributed by atoms with Gasteiger partial charge in [0.25, 0.3) is 0 Å². The van der Waals surface area contributed by atoms with E-state index in [-0.39, 0.29) is 11.8 Å². The number of aryl methyl sites for hydroxylation is 2. The molecule has 7 heteroatoms. The van der Waals surface area contributed by atoms with Crippen molar-refractivity contribution in [2.45, 2.75) is 31.6 Å². The average molecular weight is 417 g/mol. The highest BCUT2D eigenvalue weighted by Gasteiger charge is 2.32. The molecule has 0 unspecified atom stereocenters. The molecule has 0 radical (unpaired) electrons. The minimum atomic E-state index is -3.53. The van der Waals surface area contributed by atoms with Crippen molar-refractivity contribution in [2.24, 2.45) is 5.92 Å². The van der Waals surface area contributed by atoms with E-state index in [9.17, 15) is 13.2 Å². The van der Waals surface area contributed by atoms with E-state index in [2.05, 4.69) is 5.32 Å². The highest BCUT2D eigenvalue weighted by atomic mass is 32.2.